The van der Waals surface area contributed by atoms with Crippen LogP contribution in [-0.4, -0.2) is 30.1 Å². The second-order valence-electron chi connectivity index (χ2n) is 4.76. The Morgan fingerprint density at radius 2 is 2.26 bits per heavy atom. The zero-order chi connectivity index (χ0) is 13.7. The summed E-state index contributed by atoms with van der Waals surface area (Å²) in [4.78, 5) is 11.8. The highest BCUT2D eigenvalue weighted by molar-refractivity contribution is 7.99. The third kappa shape index (κ3) is 4.06. The molecule has 1 fully saturated rings. The summed E-state index contributed by atoms with van der Waals surface area (Å²) in [6.45, 7) is 0.0225. The lowest BCUT2D eigenvalue weighted by Crippen LogP contribution is -2.36. The number of nitrogen functional groups attached to an aromatic ring is 1. The molecule has 0 bridgehead atoms. The Morgan fingerprint density at radius 1 is 1.47 bits per heavy atom. The minimum absolute atomic E-state index is 0.0225. The van der Waals surface area contributed by atoms with E-state index in [2.05, 4.69) is 11.6 Å². The van der Waals surface area contributed by atoms with Crippen molar-refractivity contribution in [2.24, 2.45) is 0 Å². The summed E-state index contributed by atoms with van der Waals surface area (Å²) in [7, 11) is 0. The molecule has 2 rings (SSSR count). The molecule has 1 saturated carbocycles. The van der Waals surface area contributed by atoms with Crippen molar-refractivity contribution in [3.8, 4) is 5.75 Å². The highest BCUT2D eigenvalue weighted by Crippen LogP contribution is 2.28. The Kier molecular flexibility index (Phi) is 4.96. The van der Waals surface area contributed by atoms with Gasteiger partial charge in [-0.25, -0.2) is 0 Å². The summed E-state index contributed by atoms with van der Waals surface area (Å²) in [5, 5.41) is 3.69. The molecular weight excluding hydrogens is 260 g/mol. The van der Waals surface area contributed by atoms with Crippen molar-refractivity contribution in [3.63, 3.8) is 0 Å². The summed E-state index contributed by atoms with van der Waals surface area (Å²) in [6, 6.07) is 7.49. The molecule has 0 radical (unpaired) electrons. The Labute approximate surface area is 118 Å². The van der Waals surface area contributed by atoms with Gasteiger partial charge in [0.2, 0.25) is 0 Å². The number of ether oxygens (including phenoxy) is 1. The largest absolute Gasteiger partial charge is 0.482 e. The van der Waals surface area contributed by atoms with Crippen molar-refractivity contribution in [1.82, 2.24) is 5.32 Å². The van der Waals surface area contributed by atoms with Gasteiger partial charge in [0.15, 0.2) is 6.61 Å². The van der Waals surface area contributed by atoms with Crippen LogP contribution in [0.2, 0.25) is 0 Å². The molecular formula is C14H20N2O2S. The number of carbonyl (C=O) groups excluding carboxylic acids is 1. The van der Waals surface area contributed by atoms with Crippen molar-refractivity contribution in [1.29, 1.82) is 0 Å². The van der Waals surface area contributed by atoms with E-state index in [-0.39, 0.29) is 12.5 Å². The van der Waals surface area contributed by atoms with Crippen LogP contribution < -0.4 is 15.8 Å². The van der Waals surface area contributed by atoms with E-state index in [1.807, 2.05) is 23.9 Å². The third-order valence-corrected chi connectivity index (χ3v) is 4.46. The van der Waals surface area contributed by atoms with Crippen molar-refractivity contribution < 1.29 is 9.53 Å². The Balaban J connectivity index is 1.75. The monoisotopic (exact) mass is 280 g/mol. The minimum Gasteiger partial charge on any atom is -0.482 e. The van der Waals surface area contributed by atoms with Gasteiger partial charge in [0, 0.05) is 11.3 Å². The maximum absolute atomic E-state index is 11.8. The van der Waals surface area contributed by atoms with Gasteiger partial charge >= 0.3 is 0 Å². The zero-order valence-corrected chi connectivity index (χ0v) is 11.9. The van der Waals surface area contributed by atoms with E-state index in [1.165, 1.54) is 6.42 Å². The van der Waals surface area contributed by atoms with E-state index in [9.17, 15) is 4.79 Å². The van der Waals surface area contributed by atoms with Crippen molar-refractivity contribution >= 4 is 23.4 Å². The summed E-state index contributed by atoms with van der Waals surface area (Å²) in [5.41, 5.74) is 6.30. The van der Waals surface area contributed by atoms with Gasteiger partial charge in [0.1, 0.15) is 5.75 Å². The Bertz CT molecular complexity index is 439. The van der Waals surface area contributed by atoms with Crippen LogP contribution in [0.1, 0.15) is 19.3 Å². The first-order valence-electron chi connectivity index (χ1n) is 6.48. The fourth-order valence-electron chi connectivity index (χ4n) is 2.31. The number of thioether (sulfide) groups is 1. The van der Waals surface area contributed by atoms with Crippen LogP contribution in [0.3, 0.4) is 0 Å². The number of rotatable bonds is 5. The molecule has 0 heterocycles. The van der Waals surface area contributed by atoms with Crippen LogP contribution in [0.5, 0.6) is 5.75 Å². The maximum Gasteiger partial charge on any atom is 0.258 e. The third-order valence-electron chi connectivity index (χ3n) is 3.36. The van der Waals surface area contributed by atoms with Gasteiger partial charge in [-0.1, -0.05) is 12.1 Å². The topological polar surface area (TPSA) is 64.3 Å². The first-order chi connectivity index (χ1) is 9.19. The highest BCUT2D eigenvalue weighted by atomic mass is 32.2. The van der Waals surface area contributed by atoms with E-state index in [1.54, 1.807) is 12.1 Å². The second kappa shape index (κ2) is 6.70. The lowest BCUT2D eigenvalue weighted by Gasteiger charge is -2.13. The maximum atomic E-state index is 11.8. The molecule has 1 aliphatic rings. The number of amides is 1. The fraction of sp³-hybridized carbons (Fsp3) is 0.500. The van der Waals surface area contributed by atoms with E-state index < -0.39 is 0 Å². The molecule has 4 nitrogen and oxygen atoms in total. The van der Waals surface area contributed by atoms with E-state index in [0.717, 1.165) is 12.8 Å². The quantitative estimate of drug-likeness (QED) is 0.810. The van der Waals surface area contributed by atoms with Crippen LogP contribution >= 0.6 is 11.8 Å². The molecule has 0 saturated heterocycles. The predicted molar refractivity (Wildman–Crippen MR) is 79.4 cm³/mol. The molecule has 104 valence electrons. The normalized spacial score (nSPS) is 22.2. The van der Waals surface area contributed by atoms with Crippen LogP contribution in [0.15, 0.2) is 24.3 Å². The summed E-state index contributed by atoms with van der Waals surface area (Å²) in [5.74, 6) is 0.487. The van der Waals surface area contributed by atoms with Gasteiger partial charge in [-0.05, 0) is 37.7 Å². The minimum atomic E-state index is -0.0741. The van der Waals surface area contributed by atoms with Gasteiger partial charge in [-0.2, -0.15) is 11.8 Å². The van der Waals surface area contributed by atoms with Gasteiger partial charge < -0.3 is 15.8 Å². The van der Waals surface area contributed by atoms with Crippen LogP contribution in [-0.2, 0) is 4.79 Å². The number of anilines is 1. The van der Waals surface area contributed by atoms with Crippen molar-refractivity contribution in [2.45, 2.75) is 30.6 Å². The SMILES string of the molecule is CSC1CCC(NC(=O)COc2ccccc2N)C1. The van der Waals surface area contributed by atoms with Crippen molar-refractivity contribution in [2.75, 3.05) is 18.6 Å². The molecule has 2 atom stereocenters. The van der Waals surface area contributed by atoms with Gasteiger partial charge in [0.25, 0.3) is 5.91 Å². The summed E-state index contributed by atoms with van der Waals surface area (Å²) < 4.78 is 5.42. The number of nitrogens with two attached hydrogens (primary N) is 1. The zero-order valence-electron chi connectivity index (χ0n) is 11.1. The smallest absolute Gasteiger partial charge is 0.258 e. The molecule has 1 aromatic carbocycles. The van der Waals surface area contributed by atoms with Gasteiger partial charge in [0.05, 0.1) is 5.69 Å². The first-order valence-corrected chi connectivity index (χ1v) is 7.77. The van der Waals surface area contributed by atoms with E-state index in [4.69, 9.17) is 10.5 Å². The second-order valence-corrected chi connectivity index (χ2v) is 5.90. The first kappa shape index (κ1) is 14.1. The molecule has 0 aliphatic heterocycles. The summed E-state index contributed by atoms with van der Waals surface area (Å²) >= 11 is 1.88. The molecule has 1 aromatic rings. The van der Waals surface area contributed by atoms with E-state index in [0.29, 0.717) is 22.7 Å². The number of carbonyl (C=O) groups is 1. The van der Waals surface area contributed by atoms with E-state index >= 15 is 0 Å². The Hall–Kier alpha value is -1.36. The predicted octanol–water partition coefficient (Wildman–Crippen LogP) is 2.05. The Morgan fingerprint density at radius 3 is 2.95 bits per heavy atom. The molecule has 19 heavy (non-hydrogen) atoms. The molecule has 5 heteroatoms. The lowest BCUT2D eigenvalue weighted by molar-refractivity contribution is -0.123. The standard InChI is InChI=1S/C14H20N2O2S/c1-19-11-7-6-10(8-11)16-14(17)9-18-13-5-3-2-4-12(13)15/h2-5,10-11H,6-9,15H2,1H3,(H,16,17). The number of hydrogen-bond acceptors (Lipinski definition) is 4. The number of benzene rings is 1. The molecule has 1 amide bonds. The molecule has 3 N–H and O–H groups in total. The highest BCUT2D eigenvalue weighted by Gasteiger charge is 2.25. The summed E-state index contributed by atoms with van der Waals surface area (Å²) in [6.07, 6.45) is 5.42. The molecule has 0 spiro atoms. The number of hydrogen-bond donors (Lipinski definition) is 2. The van der Waals surface area contributed by atoms with Gasteiger partial charge in [-0.3, -0.25) is 4.79 Å². The number of para-hydroxylation sites is 2. The number of nitrogens with one attached hydrogen (secondary N) is 1. The van der Waals surface area contributed by atoms with Gasteiger partial charge in [-0.15, -0.1) is 0 Å². The fourth-order valence-corrected chi connectivity index (χ4v) is 3.11. The lowest BCUT2D eigenvalue weighted by atomic mass is 10.2. The van der Waals surface area contributed by atoms with Crippen LogP contribution in [0.25, 0.3) is 0 Å². The molecule has 0 aromatic heterocycles. The van der Waals surface area contributed by atoms with Crippen molar-refractivity contribution in [3.05, 3.63) is 24.3 Å². The molecule has 2 unspecified atom stereocenters. The average Bonchev–Trinajstić information content (AvgIpc) is 2.85. The average molecular weight is 280 g/mol. The van der Waals surface area contributed by atoms with Crippen LogP contribution in [0.4, 0.5) is 5.69 Å². The molecule has 1 aliphatic carbocycles. The van der Waals surface area contributed by atoms with Crippen LogP contribution in [0, 0.1) is 0 Å².